The summed E-state index contributed by atoms with van der Waals surface area (Å²) in [6, 6.07) is 6.56. The Balaban J connectivity index is 1.57. The molecule has 0 atom stereocenters. The molecule has 2 rings (SSSR count). The highest BCUT2D eigenvalue weighted by Gasteiger charge is 2.15. The van der Waals surface area contributed by atoms with Gasteiger partial charge in [-0.2, -0.15) is 5.10 Å². The predicted molar refractivity (Wildman–Crippen MR) is 111 cm³/mol. The van der Waals surface area contributed by atoms with E-state index in [9.17, 15) is 4.79 Å². The van der Waals surface area contributed by atoms with Crippen molar-refractivity contribution in [2.24, 2.45) is 0 Å². The molecule has 0 aliphatic rings. The smallest absolute Gasteiger partial charge is 0.407 e. The number of alkyl carbamates (subject to hydrolysis) is 1. The number of benzene rings is 1. The Bertz CT molecular complexity index is 744. The van der Waals surface area contributed by atoms with Crippen molar-refractivity contribution in [1.29, 1.82) is 0 Å². The molecule has 1 aromatic carbocycles. The average Bonchev–Trinajstić information content (AvgIpc) is 2.87. The third-order valence-electron chi connectivity index (χ3n) is 4.56. The number of hydrogen-bond acceptors (Lipinski definition) is 3. The summed E-state index contributed by atoms with van der Waals surface area (Å²) >= 11 is 0. The topological polar surface area (TPSA) is 56.2 Å². The summed E-state index contributed by atoms with van der Waals surface area (Å²) in [6.07, 6.45) is 6.61. The maximum absolute atomic E-state index is 11.5. The third-order valence-corrected chi connectivity index (χ3v) is 4.56. The Morgan fingerprint density at radius 2 is 1.74 bits per heavy atom. The molecule has 0 radical (unpaired) electrons. The summed E-state index contributed by atoms with van der Waals surface area (Å²) in [5, 5.41) is 8.77. The van der Waals surface area contributed by atoms with Crippen LogP contribution < -0.4 is 5.32 Å². The van der Waals surface area contributed by atoms with E-state index in [2.05, 4.69) is 42.0 Å². The van der Waals surface area contributed by atoms with Gasteiger partial charge < -0.3 is 10.1 Å². The first-order valence-electron chi connectivity index (χ1n) is 10.2. The van der Waals surface area contributed by atoms with Gasteiger partial charge in [-0.25, -0.2) is 4.79 Å². The van der Waals surface area contributed by atoms with Gasteiger partial charge in [-0.05, 0) is 59.1 Å². The quantitative estimate of drug-likeness (QED) is 0.589. The molecule has 1 amide bonds. The van der Waals surface area contributed by atoms with E-state index in [1.165, 1.54) is 35.7 Å². The van der Waals surface area contributed by atoms with Crippen LogP contribution in [0.3, 0.4) is 0 Å². The lowest BCUT2D eigenvalue weighted by molar-refractivity contribution is 0.0527. The van der Waals surface area contributed by atoms with E-state index in [0.717, 1.165) is 31.5 Å². The minimum absolute atomic E-state index is 0.320. The van der Waals surface area contributed by atoms with Crippen molar-refractivity contribution in [3.63, 3.8) is 0 Å². The SMILES string of the molecule is Cc1ccc2c(C)nn(CCCCCCCCNC(=O)OC(C)(C)C)c2c1. The van der Waals surface area contributed by atoms with Crippen LogP contribution in [0.15, 0.2) is 18.2 Å². The maximum atomic E-state index is 11.5. The van der Waals surface area contributed by atoms with E-state index in [4.69, 9.17) is 9.84 Å². The Kier molecular flexibility index (Phi) is 7.69. The summed E-state index contributed by atoms with van der Waals surface area (Å²) < 4.78 is 7.38. The zero-order valence-corrected chi connectivity index (χ0v) is 17.6. The molecule has 1 N–H and O–H groups in total. The normalized spacial score (nSPS) is 11.7. The van der Waals surface area contributed by atoms with Crippen LogP contribution in [0.25, 0.3) is 10.9 Å². The Morgan fingerprint density at radius 1 is 1.07 bits per heavy atom. The van der Waals surface area contributed by atoms with Crippen molar-refractivity contribution in [2.45, 2.75) is 85.3 Å². The molecule has 5 heteroatoms. The second-order valence-electron chi connectivity index (χ2n) is 8.38. The van der Waals surface area contributed by atoms with Gasteiger partial charge in [0.25, 0.3) is 0 Å². The lowest BCUT2D eigenvalue weighted by Crippen LogP contribution is -2.32. The number of nitrogens with zero attached hydrogens (tertiary/aromatic N) is 2. The summed E-state index contributed by atoms with van der Waals surface area (Å²) in [4.78, 5) is 11.5. The molecule has 0 saturated heterocycles. The number of rotatable bonds is 9. The molecule has 0 saturated carbocycles. The summed E-state index contributed by atoms with van der Waals surface area (Å²) in [6.45, 7) is 11.5. The van der Waals surface area contributed by atoms with E-state index >= 15 is 0 Å². The van der Waals surface area contributed by atoms with Crippen LogP contribution in [0, 0.1) is 13.8 Å². The van der Waals surface area contributed by atoms with Crippen molar-refractivity contribution in [3.05, 3.63) is 29.5 Å². The van der Waals surface area contributed by atoms with E-state index in [1.807, 2.05) is 20.8 Å². The van der Waals surface area contributed by atoms with E-state index in [1.54, 1.807) is 0 Å². The molecule has 27 heavy (non-hydrogen) atoms. The molecule has 2 aromatic rings. The number of ether oxygens (including phenoxy) is 1. The fraction of sp³-hybridized carbons (Fsp3) is 0.636. The maximum Gasteiger partial charge on any atom is 0.407 e. The lowest BCUT2D eigenvalue weighted by Gasteiger charge is -2.19. The van der Waals surface area contributed by atoms with Gasteiger partial charge in [0.2, 0.25) is 0 Å². The molecule has 1 aromatic heterocycles. The van der Waals surface area contributed by atoms with E-state index < -0.39 is 5.60 Å². The van der Waals surface area contributed by atoms with Gasteiger partial charge >= 0.3 is 6.09 Å². The number of aryl methyl sites for hydroxylation is 3. The molecule has 0 unspecified atom stereocenters. The highest BCUT2D eigenvalue weighted by molar-refractivity contribution is 5.82. The number of amides is 1. The largest absolute Gasteiger partial charge is 0.444 e. The predicted octanol–water partition coefficient (Wildman–Crippen LogP) is 5.52. The number of carbonyl (C=O) groups excluding carboxylic acids is 1. The summed E-state index contributed by atoms with van der Waals surface area (Å²) in [7, 11) is 0. The highest BCUT2D eigenvalue weighted by Crippen LogP contribution is 2.20. The molecule has 0 fully saturated rings. The number of nitrogens with one attached hydrogen (secondary N) is 1. The zero-order chi connectivity index (χ0) is 19.9. The number of fused-ring (bicyclic) bond motifs is 1. The second kappa shape index (κ2) is 9.77. The van der Waals surface area contributed by atoms with E-state index in [-0.39, 0.29) is 6.09 Å². The summed E-state index contributed by atoms with van der Waals surface area (Å²) in [5.74, 6) is 0. The minimum atomic E-state index is -0.429. The summed E-state index contributed by atoms with van der Waals surface area (Å²) in [5.41, 5.74) is 3.22. The van der Waals surface area contributed by atoms with Gasteiger partial charge in [0.05, 0.1) is 11.2 Å². The molecule has 0 aliphatic heterocycles. The lowest BCUT2D eigenvalue weighted by atomic mass is 10.1. The standard InChI is InChI=1S/C22H35N3O2/c1-17-12-13-19-18(2)24-25(20(19)16-17)15-11-9-7-6-8-10-14-23-21(26)27-22(3,4)5/h12-13,16H,6-11,14-15H2,1-5H3,(H,23,26). The van der Waals surface area contributed by atoms with Gasteiger partial charge in [0.15, 0.2) is 0 Å². The van der Waals surface area contributed by atoms with Gasteiger partial charge in [-0.15, -0.1) is 0 Å². The molecule has 1 heterocycles. The Morgan fingerprint density at radius 3 is 2.44 bits per heavy atom. The monoisotopic (exact) mass is 373 g/mol. The highest BCUT2D eigenvalue weighted by atomic mass is 16.6. The molecule has 0 aliphatic carbocycles. The fourth-order valence-corrected chi connectivity index (χ4v) is 3.22. The zero-order valence-electron chi connectivity index (χ0n) is 17.6. The van der Waals surface area contributed by atoms with Crippen LogP contribution >= 0.6 is 0 Å². The van der Waals surface area contributed by atoms with Crippen molar-refractivity contribution < 1.29 is 9.53 Å². The molecular weight excluding hydrogens is 338 g/mol. The van der Waals surface area contributed by atoms with Crippen LogP contribution in [0.2, 0.25) is 0 Å². The van der Waals surface area contributed by atoms with Crippen molar-refractivity contribution >= 4 is 17.0 Å². The van der Waals surface area contributed by atoms with Crippen LogP contribution in [0.5, 0.6) is 0 Å². The first-order chi connectivity index (χ1) is 12.8. The second-order valence-corrected chi connectivity index (χ2v) is 8.38. The van der Waals surface area contributed by atoms with E-state index in [0.29, 0.717) is 6.54 Å². The van der Waals surface area contributed by atoms with Crippen LogP contribution in [-0.2, 0) is 11.3 Å². The minimum Gasteiger partial charge on any atom is -0.444 e. The molecule has 0 spiro atoms. The first-order valence-corrected chi connectivity index (χ1v) is 10.2. The average molecular weight is 374 g/mol. The fourth-order valence-electron chi connectivity index (χ4n) is 3.22. The van der Waals surface area contributed by atoms with Gasteiger partial charge in [0, 0.05) is 18.5 Å². The van der Waals surface area contributed by atoms with Crippen molar-refractivity contribution in [1.82, 2.24) is 15.1 Å². The Labute approximate surface area is 163 Å². The molecule has 0 bridgehead atoms. The van der Waals surface area contributed by atoms with Crippen molar-refractivity contribution in [3.8, 4) is 0 Å². The number of carbonyl (C=O) groups is 1. The van der Waals surface area contributed by atoms with Crippen LogP contribution in [-0.4, -0.2) is 28.0 Å². The first kappa shape index (κ1) is 21.3. The number of unbranched alkanes of at least 4 members (excludes halogenated alkanes) is 5. The molecule has 150 valence electrons. The molecule has 5 nitrogen and oxygen atoms in total. The number of aromatic nitrogens is 2. The van der Waals surface area contributed by atoms with Gasteiger partial charge in [-0.1, -0.05) is 37.8 Å². The van der Waals surface area contributed by atoms with Gasteiger partial charge in [0.1, 0.15) is 5.60 Å². The molecular formula is C22H35N3O2. The third kappa shape index (κ3) is 7.24. The van der Waals surface area contributed by atoms with Gasteiger partial charge in [-0.3, -0.25) is 4.68 Å². The van der Waals surface area contributed by atoms with Crippen LogP contribution in [0.1, 0.15) is 70.6 Å². The Hall–Kier alpha value is -2.04. The number of hydrogen-bond donors (Lipinski definition) is 1. The van der Waals surface area contributed by atoms with Crippen LogP contribution in [0.4, 0.5) is 4.79 Å². The van der Waals surface area contributed by atoms with Crippen molar-refractivity contribution in [2.75, 3.05) is 6.54 Å².